The molecule has 5 nitrogen and oxygen atoms in total. The maximum absolute atomic E-state index is 12.6. The summed E-state index contributed by atoms with van der Waals surface area (Å²) in [5, 5.41) is 3.46. The van der Waals surface area contributed by atoms with Gasteiger partial charge >= 0.3 is 0 Å². The molecule has 1 amide bonds. The van der Waals surface area contributed by atoms with Crippen LogP contribution in [0.2, 0.25) is 5.02 Å². The average molecular weight is 336 g/mol. The lowest BCUT2D eigenvalue weighted by Gasteiger charge is -2.14. The zero-order valence-electron chi connectivity index (χ0n) is 13.4. The van der Waals surface area contributed by atoms with Crippen molar-refractivity contribution in [2.24, 2.45) is 0 Å². The zero-order valence-corrected chi connectivity index (χ0v) is 14.2. The molecule has 0 aliphatic rings. The van der Waals surface area contributed by atoms with E-state index >= 15 is 0 Å². The molecule has 0 fully saturated rings. The molecule has 0 heterocycles. The summed E-state index contributed by atoms with van der Waals surface area (Å²) in [6, 6.07) is 8.45. The lowest BCUT2D eigenvalue weighted by atomic mass is 10.1. The van der Waals surface area contributed by atoms with E-state index in [1.54, 1.807) is 30.3 Å². The fourth-order valence-electron chi connectivity index (χ4n) is 2.16. The van der Waals surface area contributed by atoms with Gasteiger partial charge in [-0.2, -0.15) is 0 Å². The van der Waals surface area contributed by atoms with E-state index in [2.05, 4.69) is 5.32 Å². The highest BCUT2D eigenvalue weighted by Gasteiger charge is 2.18. The van der Waals surface area contributed by atoms with Crippen LogP contribution in [0.15, 0.2) is 30.3 Å². The number of amides is 1. The number of carbonyl (C=O) groups excluding carboxylic acids is 1. The van der Waals surface area contributed by atoms with Gasteiger partial charge in [0.25, 0.3) is 5.91 Å². The van der Waals surface area contributed by atoms with Crippen LogP contribution in [0, 0.1) is 6.92 Å². The summed E-state index contributed by atoms with van der Waals surface area (Å²) < 4.78 is 15.7. The van der Waals surface area contributed by atoms with Gasteiger partial charge in [0.05, 0.1) is 26.9 Å². The van der Waals surface area contributed by atoms with Gasteiger partial charge in [0.2, 0.25) is 0 Å². The van der Waals surface area contributed by atoms with Crippen LogP contribution in [0.3, 0.4) is 0 Å². The SMILES string of the molecule is COc1cc(OC)c(C(=O)Nc2ccc(Cl)cc2C)cc1OC. The molecule has 2 aromatic rings. The minimum absolute atomic E-state index is 0.312. The Morgan fingerprint density at radius 3 is 2.13 bits per heavy atom. The number of rotatable bonds is 5. The van der Waals surface area contributed by atoms with Gasteiger partial charge in [-0.25, -0.2) is 0 Å². The highest BCUT2D eigenvalue weighted by atomic mass is 35.5. The third-order valence-corrected chi connectivity index (χ3v) is 3.62. The second kappa shape index (κ2) is 7.24. The van der Waals surface area contributed by atoms with Crippen molar-refractivity contribution >= 4 is 23.2 Å². The van der Waals surface area contributed by atoms with E-state index in [0.29, 0.717) is 33.5 Å². The summed E-state index contributed by atoms with van der Waals surface area (Å²) in [5.41, 5.74) is 1.89. The molecule has 0 atom stereocenters. The first-order valence-corrected chi connectivity index (χ1v) is 7.25. The normalized spacial score (nSPS) is 10.1. The Morgan fingerprint density at radius 1 is 0.957 bits per heavy atom. The molecule has 1 N–H and O–H groups in total. The van der Waals surface area contributed by atoms with Crippen LogP contribution in [0.1, 0.15) is 15.9 Å². The second-order valence-corrected chi connectivity index (χ2v) is 5.26. The molecule has 6 heteroatoms. The molecule has 0 radical (unpaired) electrons. The van der Waals surface area contributed by atoms with Crippen LogP contribution in [0.4, 0.5) is 5.69 Å². The number of nitrogens with one attached hydrogen (secondary N) is 1. The van der Waals surface area contributed by atoms with Crippen molar-refractivity contribution in [3.8, 4) is 17.2 Å². The van der Waals surface area contributed by atoms with E-state index in [-0.39, 0.29) is 5.91 Å². The molecule has 0 bridgehead atoms. The Bertz CT molecular complexity index is 731. The Morgan fingerprint density at radius 2 is 1.57 bits per heavy atom. The summed E-state index contributed by atoms with van der Waals surface area (Å²) >= 11 is 5.93. The standard InChI is InChI=1S/C17H18ClNO4/c1-10-7-11(18)5-6-13(10)19-17(20)12-8-15(22-3)16(23-4)9-14(12)21-2/h5-9H,1-4H3,(H,19,20). The fraction of sp³-hybridized carbons (Fsp3) is 0.235. The van der Waals surface area contributed by atoms with E-state index in [4.69, 9.17) is 25.8 Å². The number of carbonyl (C=O) groups is 1. The number of benzene rings is 2. The van der Waals surface area contributed by atoms with E-state index in [1.807, 2.05) is 6.92 Å². The molecule has 0 unspecified atom stereocenters. The predicted molar refractivity (Wildman–Crippen MR) is 90.2 cm³/mol. The molecular weight excluding hydrogens is 318 g/mol. The minimum atomic E-state index is -0.312. The van der Waals surface area contributed by atoms with E-state index < -0.39 is 0 Å². The van der Waals surface area contributed by atoms with Crippen LogP contribution in [-0.2, 0) is 0 Å². The number of hydrogen-bond acceptors (Lipinski definition) is 4. The Kier molecular flexibility index (Phi) is 5.34. The maximum atomic E-state index is 12.6. The van der Waals surface area contributed by atoms with Crippen LogP contribution in [-0.4, -0.2) is 27.2 Å². The highest BCUT2D eigenvalue weighted by Crippen LogP contribution is 2.35. The van der Waals surface area contributed by atoms with Crippen molar-refractivity contribution < 1.29 is 19.0 Å². The van der Waals surface area contributed by atoms with Gasteiger partial charge in [-0.15, -0.1) is 0 Å². The maximum Gasteiger partial charge on any atom is 0.259 e. The van der Waals surface area contributed by atoms with Gasteiger partial charge in [-0.1, -0.05) is 11.6 Å². The molecule has 0 saturated heterocycles. The molecule has 0 spiro atoms. The molecule has 23 heavy (non-hydrogen) atoms. The fourth-order valence-corrected chi connectivity index (χ4v) is 2.39. The highest BCUT2D eigenvalue weighted by molar-refractivity contribution is 6.30. The minimum Gasteiger partial charge on any atom is -0.496 e. The summed E-state index contributed by atoms with van der Waals surface area (Å²) in [7, 11) is 4.52. The Labute approximate surface area is 140 Å². The number of halogens is 1. The monoisotopic (exact) mass is 335 g/mol. The molecule has 2 rings (SSSR count). The van der Waals surface area contributed by atoms with Crippen molar-refractivity contribution in [1.82, 2.24) is 0 Å². The van der Waals surface area contributed by atoms with Crippen LogP contribution in [0.5, 0.6) is 17.2 Å². The number of hydrogen-bond donors (Lipinski definition) is 1. The van der Waals surface area contributed by atoms with Gasteiger partial charge in [0, 0.05) is 22.8 Å². The van der Waals surface area contributed by atoms with Crippen molar-refractivity contribution in [2.75, 3.05) is 26.6 Å². The number of ether oxygens (including phenoxy) is 3. The van der Waals surface area contributed by atoms with Crippen molar-refractivity contribution in [2.45, 2.75) is 6.92 Å². The molecule has 122 valence electrons. The summed E-state index contributed by atoms with van der Waals surface area (Å²) in [6.45, 7) is 1.87. The lowest BCUT2D eigenvalue weighted by Crippen LogP contribution is -2.14. The van der Waals surface area contributed by atoms with E-state index in [1.165, 1.54) is 21.3 Å². The van der Waals surface area contributed by atoms with Gasteiger partial charge < -0.3 is 19.5 Å². The van der Waals surface area contributed by atoms with Crippen LogP contribution < -0.4 is 19.5 Å². The molecule has 0 aliphatic heterocycles. The third-order valence-electron chi connectivity index (χ3n) is 3.39. The number of methoxy groups -OCH3 is 3. The van der Waals surface area contributed by atoms with Crippen molar-refractivity contribution in [3.63, 3.8) is 0 Å². The second-order valence-electron chi connectivity index (χ2n) is 4.82. The third kappa shape index (κ3) is 3.68. The van der Waals surface area contributed by atoms with Crippen molar-refractivity contribution in [1.29, 1.82) is 0 Å². The van der Waals surface area contributed by atoms with Crippen LogP contribution >= 0.6 is 11.6 Å². The average Bonchev–Trinajstić information content (AvgIpc) is 2.55. The molecule has 0 aliphatic carbocycles. The van der Waals surface area contributed by atoms with E-state index in [9.17, 15) is 4.79 Å². The predicted octanol–water partition coefficient (Wildman–Crippen LogP) is 3.93. The van der Waals surface area contributed by atoms with E-state index in [0.717, 1.165) is 5.56 Å². The molecular formula is C17H18ClNO4. The smallest absolute Gasteiger partial charge is 0.259 e. The van der Waals surface area contributed by atoms with Gasteiger partial charge in [0.1, 0.15) is 5.75 Å². The largest absolute Gasteiger partial charge is 0.496 e. The first kappa shape index (κ1) is 17.0. The molecule has 2 aromatic carbocycles. The van der Waals surface area contributed by atoms with Crippen LogP contribution in [0.25, 0.3) is 0 Å². The molecule has 0 aromatic heterocycles. The van der Waals surface area contributed by atoms with Crippen molar-refractivity contribution in [3.05, 3.63) is 46.5 Å². The van der Waals surface area contributed by atoms with Gasteiger partial charge in [-0.3, -0.25) is 4.79 Å². The summed E-state index contributed by atoms with van der Waals surface area (Å²) in [5.74, 6) is 1.02. The number of aryl methyl sites for hydroxylation is 1. The van der Waals surface area contributed by atoms with Gasteiger partial charge in [-0.05, 0) is 30.7 Å². The quantitative estimate of drug-likeness (QED) is 0.899. The first-order valence-electron chi connectivity index (χ1n) is 6.87. The Balaban J connectivity index is 2.38. The summed E-state index contributed by atoms with van der Waals surface area (Å²) in [6.07, 6.45) is 0. The van der Waals surface area contributed by atoms with Gasteiger partial charge in [0.15, 0.2) is 11.5 Å². The molecule has 0 saturated carbocycles. The topological polar surface area (TPSA) is 56.8 Å². The summed E-state index contributed by atoms with van der Waals surface area (Å²) in [4.78, 5) is 12.6. The lowest BCUT2D eigenvalue weighted by molar-refractivity contribution is 0.102. The Hall–Kier alpha value is -2.40. The zero-order chi connectivity index (χ0) is 17.0. The number of anilines is 1. The first-order chi connectivity index (χ1) is 11.0.